The number of halogens is 2. The molecule has 1 aromatic carbocycles. The Balaban J connectivity index is 2.46. The number of aryl methyl sites for hydroxylation is 1. The van der Waals surface area contributed by atoms with Crippen LogP contribution in [-0.4, -0.2) is 23.1 Å². The summed E-state index contributed by atoms with van der Waals surface area (Å²) < 4.78 is 34.1. The molecular weight excluding hydrogens is 266 g/mol. The van der Waals surface area contributed by atoms with Crippen LogP contribution in [0.5, 0.6) is 0 Å². The molecule has 1 heterocycles. The van der Waals surface area contributed by atoms with Gasteiger partial charge < -0.3 is 15.0 Å². The summed E-state index contributed by atoms with van der Waals surface area (Å²) in [6.45, 7) is 1.36. The third-order valence-electron chi connectivity index (χ3n) is 3.20. The van der Waals surface area contributed by atoms with E-state index >= 15 is 0 Å². The van der Waals surface area contributed by atoms with E-state index in [1.54, 1.807) is 35.9 Å². The lowest BCUT2D eigenvalue weighted by Crippen LogP contribution is -2.41. The lowest BCUT2D eigenvalue weighted by molar-refractivity contribution is -0.174. The molecule has 0 amide bonds. The number of alkyl halides is 2. The number of ether oxygens (including phenoxy) is 1. The molecule has 1 atom stereocenters. The number of nitrogens with two attached hydrogens (primary N) is 1. The van der Waals surface area contributed by atoms with E-state index in [9.17, 15) is 13.6 Å². The van der Waals surface area contributed by atoms with Gasteiger partial charge in [-0.25, -0.2) is 4.79 Å². The zero-order valence-corrected chi connectivity index (χ0v) is 11.3. The van der Waals surface area contributed by atoms with Gasteiger partial charge in [-0.15, -0.1) is 0 Å². The topological polar surface area (TPSA) is 57.2 Å². The number of para-hydroxylation sites is 1. The number of carbonyl (C=O) groups excluding carboxylic acids is 1. The van der Waals surface area contributed by atoms with Gasteiger partial charge in [-0.1, -0.05) is 18.2 Å². The molecule has 6 heteroatoms. The van der Waals surface area contributed by atoms with Crippen LogP contribution in [0.4, 0.5) is 8.78 Å². The lowest BCUT2D eigenvalue weighted by Gasteiger charge is -2.21. The van der Waals surface area contributed by atoms with Crippen molar-refractivity contribution >= 4 is 16.9 Å². The van der Waals surface area contributed by atoms with Crippen LogP contribution in [0.25, 0.3) is 10.9 Å². The highest BCUT2D eigenvalue weighted by Gasteiger charge is 2.48. The molecule has 2 N–H and O–H groups in total. The van der Waals surface area contributed by atoms with Gasteiger partial charge in [0.25, 0.3) is 0 Å². The van der Waals surface area contributed by atoms with E-state index in [0.717, 1.165) is 5.52 Å². The molecule has 0 bridgehead atoms. The molecule has 0 saturated carbocycles. The number of fused-ring (bicyclic) bond motifs is 1. The number of carbonyl (C=O) groups is 1. The second-order valence-corrected chi connectivity index (χ2v) is 4.53. The standard InChI is InChI=1S/C14H16F2N2O2/c1-3-20-13(19)14(15,16)12(17)10-8-18(2)11-7-5-4-6-9(10)11/h4-8,12H,3,17H2,1-2H3/t12-/m1/s1. The molecule has 2 rings (SSSR count). The zero-order chi connectivity index (χ0) is 14.9. The highest BCUT2D eigenvalue weighted by molar-refractivity contribution is 5.86. The minimum atomic E-state index is -3.76. The van der Waals surface area contributed by atoms with E-state index in [-0.39, 0.29) is 12.2 Å². The molecule has 20 heavy (non-hydrogen) atoms. The molecule has 1 aromatic heterocycles. The molecule has 108 valence electrons. The van der Waals surface area contributed by atoms with Gasteiger partial charge in [0.2, 0.25) is 0 Å². The Morgan fingerprint density at radius 2 is 2.10 bits per heavy atom. The molecule has 0 radical (unpaired) electrons. The van der Waals surface area contributed by atoms with Crippen LogP contribution in [-0.2, 0) is 16.6 Å². The Labute approximate surface area is 115 Å². The van der Waals surface area contributed by atoms with Crippen molar-refractivity contribution in [3.8, 4) is 0 Å². The fourth-order valence-corrected chi connectivity index (χ4v) is 2.17. The Morgan fingerprint density at radius 3 is 2.75 bits per heavy atom. The van der Waals surface area contributed by atoms with Crippen LogP contribution in [0, 0.1) is 0 Å². The maximum absolute atomic E-state index is 14.0. The Morgan fingerprint density at radius 1 is 1.45 bits per heavy atom. The van der Waals surface area contributed by atoms with Crippen molar-refractivity contribution in [2.75, 3.05) is 6.61 Å². The molecule has 0 saturated heterocycles. The summed E-state index contributed by atoms with van der Waals surface area (Å²) in [4.78, 5) is 11.4. The summed E-state index contributed by atoms with van der Waals surface area (Å²) in [6, 6.07) is 5.30. The number of rotatable bonds is 4. The van der Waals surface area contributed by atoms with Crippen molar-refractivity contribution in [1.82, 2.24) is 4.57 Å². The second-order valence-electron chi connectivity index (χ2n) is 4.53. The van der Waals surface area contributed by atoms with Crippen molar-refractivity contribution in [1.29, 1.82) is 0 Å². The van der Waals surface area contributed by atoms with Crippen molar-refractivity contribution in [2.24, 2.45) is 12.8 Å². The predicted molar refractivity (Wildman–Crippen MR) is 71.4 cm³/mol. The van der Waals surface area contributed by atoms with Crippen LogP contribution in [0.2, 0.25) is 0 Å². The number of hydrogen-bond acceptors (Lipinski definition) is 3. The molecule has 0 unspecified atom stereocenters. The minimum absolute atomic E-state index is 0.114. The third kappa shape index (κ3) is 2.27. The first-order valence-corrected chi connectivity index (χ1v) is 6.24. The summed E-state index contributed by atoms with van der Waals surface area (Å²) in [5.41, 5.74) is 6.62. The van der Waals surface area contributed by atoms with Crippen LogP contribution in [0.15, 0.2) is 30.5 Å². The largest absolute Gasteiger partial charge is 0.462 e. The fourth-order valence-electron chi connectivity index (χ4n) is 2.17. The third-order valence-corrected chi connectivity index (χ3v) is 3.20. The van der Waals surface area contributed by atoms with Gasteiger partial charge in [-0.2, -0.15) is 8.78 Å². The normalized spacial score (nSPS) is 13.4. The second kappa shape index (κ2) is 5.20. The summed E-state index contributed by atoms with van der Waals surface area (Å²) in [5, 5.41) is 0.603. The van der Waals surface area contributed by atoms with E-state index in [4.69, 9.17) is 5.73 Å². The van der Waals surface area contributed by atoms with Crippen LogP contribution >= 0.6 is 0 Å². The monoisotopic (exact) mass is 282 g/mol. The summed E-state index contributed by atoms with van der Waals surface area (Å²) in [5.74, 6) is -5.36. The van der Waals surface area contributed by atoms with Gasteiger partial charge in [-0.05, 0) is 13.0 Å². The van der Waals surface area contributed by atoms with Crippen LogP contribution in [0.3, 0.4) is 0 Å². The number of benzene rings is 1. The fraction of sp³-hybridized carbons (Fsp3) is 0.357. The molecule has 2 aromatic rings. The first-order valence-electron chi connectivity index (χ1n) is 6.24. The average molecular weight is 282 g/mol. The molecule has 0 spiro atoms. The summed E-state index contributed by atoms with van der Waals surface area (Å²) >= 11 is 0. The quantitative estimate of drug-likeness (QED) is 0.876. The lowest BCUT2D eigenvalue weighted by atomic mass is 10.0. The van der Waals surface area contributed by atoms with E-state index in [1.807, 2.05) is 0 Å². The van der Waals surface area contributed by atoms with Crippen molar-refractivity contribution < 1.29 is 18.3 Å². The Bertz CT molecular complexity index is 637. The summed E-state index contributed by atoms with van der Waals surface area (Å²) in [7, 11) is 1.74. The van der Waals surface area contributed by atoms with Gasteiger partial charge in [0.1, 0.15) is 6.04 Å². The smallest absolute Gasteiger partial charge is 0.379 e. The van der Waals surface area contributed by atoms with E-state index in [0.29, 0.717) is 5.39 Å². The SMILES string of the molecule is CCOC(=O)C(F)(F)[C@H](N)c1cn(C)c2ccccc12. The van der Waals surface area contributed by atoms with Crippen LogP contribution in [0.1, 0.15) is 18.5 Å². The maximum Gasteiger partial charge on any atom is 0.379 e. The van der Waals surface area contributed by atoms with Gasteiger partial charge in [0.15, 0.2) is 0 Å². The highest BCUT2D eigenvalue weighted by atomic mass is 19.3. The van der Waals surface area contributed by atoms with E-state index in [2.05, 4.69) is 4.74 Å². The molecule has 0 fully saturated rings. The average Bonchev–Trinajstić information content (AvgIpc) is 2.76. The van der Waals surface area contributed by atoms with E-state index in [1.165, 1.54) is 13.1 Å². The number of hydrogen-bond donors (Lipinski definition) is 1. The summed E-state index contributed by atoms with van der Waals surface area (Å²) in [6.07, 6.45) is 1.52. The highest BCUT2D eigenvalue weighted by Crippen LogP contribution is 2.35. The van der Waals surface area contributed by atoms with Crippen LogP contribution < -0.4 is 5.73 Å². The van der Waals surface area contributed by atoms with Gasteiger partial charge in [0, 0.05) is 29.7 Å². The Kier molecular flexibility index (Phi) is 3.76. The first kappa shape index (κ1) is 14.5. The molecule has 4 nitrogen and oxygen atoms in total. The number of aromatic nitrogens is 1. The maximum atomic E-state index is 14.0. The number of esters is 1. The number of nitrogens with zero attached hydrogens (tertiary/aromatic N) is 1. The van der Waals surface area contributed by atoms with E-state index < -0.39 is 17.9 Å². The van der Waals surface area contributed by atoms with Gasteiger partial charge >= 0.3 is 11.9 Å². The predicted octanol–water partition coefficient (Wildman–Crippen LogP) is 2.38. The van der Waals surface area contributed by atoms with Crippen molar-refractivity contribution in [3.63, 3.8) is 0 Å². The van der Waals surface area contributed by atoms with Gasteiger partial charge in [-0.3, -0.25) is 0 Å². The molecule has 0 aliphatic rings. The van der Waals surface area contributed by atoms with Gasteiger partial charge in [0.05, 0.1) is 6.61 Å². The van der Waals surface area contributed by atoms with Crippen molar-refractivity contribution in [3.05, 3.63) is 36.0 Å². The minimum Gasteiger partial charge on any atom is -0.462 e. The zero-order valence-electron chi connectivity index (χ0n) is 11.3. The molecule has 0 aliphatic carbocycles. The molecule has 0 aliphatic heterocycles. The Hall–Kier alpha value is -1.95. The molecular formula is C14H16F2N2O2. The first-order chi connectivity index (χ1) is 9.39. The van der Waals surface area contributed by atoms with Crippen molar-refractivity contribution in [2.45, 2.75) is 18.9 Å².